The van der Waals surface area contributed by atoms with E-state index in [0.717, 1.165) is 16.7 Å². The molecule has 0 bridgehead atoms. The van der Waals surface area contributed by atoms with Crippen molar-refractivity contribution in [3.8, 4) is 6.07 Å². The molecule has 0 heterocycles. The number of rotatable bonds is 5. The van der Waals surface area contributed by atoms with E-state index in [4.69, 9.17) is 23.2 Å². The summed E-state index contributed by atoms with van der Waals surface area (Å²) in [7, 11) is 0. The second-order valence-corrected chi connectivity index (χ2v) is 7.51. The van der Waals surface area contributed by atoms with Crippen molar-refractivity contribution in [3.05, 3.63) is 104 Å². The molecule has 3 aromatic rings. The molecule has 3 aromatic carbocycles. The molecule has 1 N–H and O–H groups in total. The van der Waals surface area contributed by atoms with Crippen LogP contribution >= 0.6 is 23.2 Å². The summed E-state index contributed by atoms with van der Waals surface area (Å²) in [6.45, 7) is 1.78. The number of hydrogen-bond donors (Lipinski definition) is 1. The predicted octanol–water partition coefficient (Wildman–Crippen LogP) is 6.58. The SMILES string of the molecule is Cc1c(Cl)cccc1NC(=O)/C(C#N)=C/c1ccc(Cc2cccc(F)c2)c(Cl)c1. The third-order valence-corrected chi connectivity index (χ3v) is 5.31. The summed E-state index contributed by atoms with van der Waals surface area (Å²) in [6, 6.07) is 18.6. The maximum atomic E-state index is 13.4. The number of nitriles is 1. The number of carbonyl (C=O) groups is 1. The third-order valence-electron chi connectivity index (χ3n) is 4.55. The Kier molecular flexibility index (Phi) is 6.89. The van der Waals surface area contributed by atoms with Crippen LogP contribution in [0.1, 0.15) is 22.3 Å². The highest BCUT2D eigenvalue weighted by atomic mass is 35.5. The maximum Gasteiger partial charge on any atom is 0.266 e. The maximum absolute atomic E-state index is 13.4. The number of nitrogens with one attached hydrogen (secondary N) is 1. The zero-order valence-electron chi connectivity index (χ0n) is 16.0. The molecule has 0 aromatic heterocycles. The fourth-order valence-corrected chi connectivity index (χ4v) is 3.34. The molecule has 0 radical (unpaired) electrons. The van der Waals surface area contributed by atoms with Gasteiger partial charge < -0.3 is 5.32 Å². The number of benzene rings is 3. The van der Waals surface area contributed by atoms with Gasteiger partial charge in [0.15, 0.2) is 0 Å². The Morgan fingerprint density at radius 1 is 1.10 bits per heavy atom. The highest BCUT2D eigenvalue weighted by molar-refractivity contribution is 6.32. The van der Waals surface area contributed by atoms with Crippen molar-refractivity contribution in [2.24, 2.45) is 0 Å². The van der Waals surface area contributed by atoms with E-state index >= 15 is 0 Å². The van der Waals surface area contributed by atoms with Crippen molar-refractivity contribution in [2.45, 2.75) is 13.3 Å². The second kappa shape index (κ2) is 9.58. The fraction of sp³-hybridized carbons (Fsp3) is 0.0833. The monoisotopic (exact) mass is 438 g/mol. The van der Waals surface area contributed by atoms with Crippen LogP contribution in [0.5, 0.6) is 0 Å². The van der Waals surface area contributed by atoms with Gasteiger partial charge in [0.25, 0.3) is 5.91 Å². The Morgan fingerprint density at radius 2 is 1.87 bits per heavy atom. The van der Waals surface area contributed by atoms with Crippen LogP contribution in [0.3, 0.4) is 0 Å². The lowest BCUT2D eigenvalue weighted by Crippen LogP contribution is -2.14. The van der Waals surface area contributed by atoms with Crippen LogP contribution in [0.4, 0.5) is 10.1 Å². The molecule has 3 nitrogen and oxygen atoms in total. The van der Waals surface area contributed by atoms with E-state index in [-0.39, 0.29) is 11.4 Å². The van der Waals surface area contributed by atoms with Crippen LogP contribution in [0.25, 0.3) is 6.08 Å². The summed E-state index contributed by atoms with van der Waals surface area (Å²) in [5.41, 5.74) is 3.42. The molecule has 30 heavy (non-hydrogen) atoms. The van der Waals surface area contributed by atoms with E-state index < -0.39 is 5.91 Å². The number of carbonyl (C=O) groups excluding carboxylic acids is 1. The van der Waals surface area contributed by atoms with Gasteiger partial charge in [-0.15, -0.1) is 0 Å². The summed E-state index contributed by atoms with van der Waals surface area (Å²) in [5, 5.41) is 13.1. The van der Waals surface area contributed by atoms with Gasteiger partial charge >= 0.3 is 0 Å². The van der Waals surface area contributed by atoms with Gasteiger partial charge in [-0.05, 0) is 72.0 Å². The lowest BCUT2D eigenvalue weighted by atomic mass is 10.0. The highest BCUT2D eigenvalue weighted by Gasteiger charge is 2.12. The van der Waals surface area contributed by atoms with Gasteiger partial charge in [0.05, 0.1) is 0 Å². The lowest BCUT2D eigenvalue weighted by Gasteiger charge is -2.09. The Morgan fingerprint density at radius 3 is 2.57 bits per heavy atom. The molecule has 0 aliphatic heterocycles. The third kappa shape index (κ3) is 5.27. The van der Waals surface area contributed by atoms with Crippen LogP contribution in [0.2, 0.25) is 10.0 Å². The average Bonchev–Trinajstić information content (AvgIpc) is 2.71. The van der Waals surface area contributed by atoms with Crippen molar-refractivity contribution in [1.82, 2.24) is 0 Å². The van der Waals surface area contributed by atoms with Gasteiger partial charge in [-0.3, -0.25) is 4.79 Å². The number of anilines is 1. The molecule has 150 valence electrons. The molecule has 6 heteroatoms. The van der Waals surface area contributed by atoms with Crippen LogP contribution in [-0.2, 0) is 11.2 Å². The van der Waals surface area contributed by atoms with Crippen LogP contribution in [0, 0.1) is 24.1 Å². The van der Waals surface area contributed by atoms with Crippen molar-refractivity contribution < 1.29 is 9.18 Å². The zero-order valence-corrected chi connectivity index (χ0v) is 17.6. The van der Waals surface area contributed by atoms with Crippen molar-refractivity contribution in [1.29, 1.82) is 5.26 Å². The normalized spacial score (nSPS) is 11.1. The number of hydrogen-bond acceptors (Lipinski definition) is 2. The molecule has 0 atom stereocenters. The molecule has 0 spiro atoms. The second-order valence-electron chi connectivity index (χ2n) is 6.69. The highest BCUT2D eigenvalue weighted by Crippen LogP contribution is 2.25. The number of amides is 1. The molecule has 0 unspecified atom stereocenters. The molecule has 0 fully saturated rings. The van der Waals surface area contributed by atoms with Gasteiger partial charge in [-0.2, -0.15) is 5.26 Å². The smallest absolute Gasteiger partial charge is 0.266 e. The minimum Gasteiger partial charge on any atom is -0.321 e. The van der Waals surface area contributed by atoms with E-state index in [1.807, 2.05) is 12.1 Å². The van der Waals surface area contributed by atoms with Crippen molar-refractivity contribution in [3.63, 3.8) is 0 Å². The molecule has 3 rings (SSSR count). The predicted molar refractivity (Wildman–Crippen MR) is 119 cm³/mol. The summed E-state index contributed by atoms with van der Waals surface area (Å²) in [6.07, 6.45) is 1.94. The van der Waals surface area contributed by atoms with Gasteiger partial charge in [0.1, 0.15) is 17.5 Å². The summed E-state index contributed by atoms with van der Waals surface area (Å²) < 4.78 is 13.4. The molecule has 1 amide bonds. The summed E-state index contributed by atoms with van der Waals surface area (Å²) >= 11 is 12.4. The number of halogens is 3. The Hall–Kier alpha value is -3.13. The van der Waals surface area contributed by atoms with Gasteiger partial charge in [-0.25, -0.2) is 4.39 Å². The molecule has 0 saturated carbocycles. The topological polar surface area (TPSA) is 52.9 Å². The molecule has 0 aliphatic rings. The van der Waals surface area contributed by atoms with Crippen LogP contribution < -0.4 is 5.32 Å². The van der Waals surface area contributed by atoms with E-state index in [0.29, 0.717) is 27.7 Å². The van der Waals surface area contributed by atoms with E-state index in [1.165, 1.54) is 18.2 Å². The number of nitrogens with zero attached hydrogens (tertiary/aromatic N) is 1. The minimum absolute atomic E-state index is 0.0664. The first-order valence-corrected chi connectivity index (χ1v) is 9.84. The van der Waals surface area contributed by atoms with Crippen LogP contribution in [-0.4, -0.2) is 5.91 Å². The largest absolute Gasteiger partial charge is 0.321 e. The lowest BCUT2D eigenvalue weighted by molar-refractivity contribution is -0.112. The Bertz CT molecular complexity index is 1180. The Balaban J connectivity index is 1.80. The fourth-order valence-electron chi connectivity index (χ4n) is 2.91. The first-order valence-electron chi connectivity index (χ1n) is 9.08. The molecular formula is C24H17Cl2FN2O. The summed E-state index contributed by atoms with van der Waals surface area (Å²) in [5.74, 6) is -0.842. The van der Waals surface area contributed by atoms with Gasteiger partial charge in [0.2, 0.25) is 0 Å². The standard InChI is InChI=1S/C24H17Cl2FN2O/c1-15-21(25)6-3-7-23(15)29-24(30)19(14-28)11-17-8-9-18(22(26)13-17)10-16-4-2-5-20(27)12-16/h2-9,11-13H,10H2,1H3,(H,29,30)/b19-11+. The van der Waals surface area contributed by atoms with Gasteiger partial charge in [-0.1, -0.05) is 53.5 Å². The van der Waals surface area contributed by atoms with Gasteiger partial charge in [0, 0.05) is 15.7 Å². The van der Waals surface area contributed by atoms with Crippen LogP contribution in [0.15, 0.2) is 66.2 Å². The molecule has 0 saturated heterocycles. The quantitative estimate of drug-likeness (QED) is 0.361. The Labute approximate surface area is 184 Å². The molecular weight excluding hydrogens is 422 g/mol. The van der Waals surface area contributed by atoms with Crippen molar-refractivity contribution >= 4 is 40.9 Å². The van der Waals surface area contributed by atoms with Crippen molar-refractivity contribution in [2.75, 3.05) is 5.32 Å². The van der Waals surface area contributed by atoms with E-state index in [2.05, 4.69) is 5.32 Å². The first kappa shape index (κ1) is 21.6. The average molecular weight is 439 g/mol. The van der Waals surface area contributed by atoms with E-state index in [1.54, 1.807) is 49.4 Å². The molecule has 0 aliphatic carbocycles. The zero-order chi connectivity index (χ0) is 21.7. The minimum atomic E-state index is -0.539. The van der Waals surface area contributed by atoms with E-state index in [9.17, 15) is 14.4 Å². The summed E-state index contributed by atoms with van der Waals surface area (Å²) in [4.78, 5) is 12.5. The first-order chi connectivity index (χ1) is 14.4.